The van der Waals surface area contributed by atoms with Gasteiger partial charge >= 0.3 is 0 Å². The number of H-pyrrole nitrogens is 1. The number of aromatic nitrogens is 4. The van der Waals surface area contributed by atoms with Gasteiger partial charge in [-0.2, -0.15) is 5.10 Å². The highest BCUT2D eigenvalue weighted by Crippen LogP contribution is 2.24. The molecule has 0 saturated heterocycles. The van der Waals surface area contributed by atoms with Crippen LogP contribution in [0.3, 0.4) is 0 Å². The van der Waals surface area contributed by atoms with Gasteiger partial charge in [-0.1, -0.05) is 26.0 Å². The maximum absolute atomic E-state index is 13.0. The van der Waals surface area contributed by atoms with Gasteiger partial charge in [0.1, 0.15) is 23.0 Å². The predicted molar refractivity (Wildman–Crippen MR) is 87.5 cm³/mol. The SMILES string of the molecule is CC(C)(CNc1ccc(-c2cc[nH]n2)nn1)c1ccc(F)cc1. The molecule has 2 N–H and O–H groups in total. The van der Waals surface area contributed by atoms with Crippen LogP contribution in [0.4, 0.5) is 10.2 Å². The smallest absolute Gasteiger partial charge is 0.148 e. The van der Waals surface area contributed by atoms with Crippen molar-refractivity contribution >= 4 is 5.82 Å². The molecule has 6 heteroatoms. The molecule has 23 heavy (non-hydrogen) atoms. The van der Waals surface area contributed by atoms with E-state index in [0.717, 1.165) is 17.0 Å². The van der Waals surface area contributed by atoms with Gasteiger partial charge in [-0.15, -0.1) is 10.2 Å². The van der Waals surface area contributed by atoms with E-state index in [2.05, 4.69) is 39.6 Å². The van der Waals surface area contributed by atoms with Gasteiger partial charge < -0.3 is 5.32 Å². The van der Waals surface area contributed by atoms with Crippen LogP contribution in [0.5, 0.6) is 0 Å². The Bertz CT molecular complexity index is 749. The first kappa shape index (κ1) is 15.1. The Morgan fingerprint density at radius 2 is 1.78 bits per heavy atom. The van der Waals surface area contributed by atoms with E-state index < -0.39 is 0 Å². The largest absolute Gasteiger partial charge is 0.368 e. The van der Waals surface area contributed by atoms with Crippen molar-refractivity contribution in [1.82, 2.24) is 20.4 Å². The molecule has 0 fully saturated rings. The molecule has 118 valence electrons. The molecular weight excluding hydrogens is 293 g/mol. The lowest BCUT2D eigenvalue weighted by molar-refractivity contribution is 0.552. The van der Waals surface area contributed by atoms with Crippen molar-refractivity contribution in [2.45, 2.75) is 19.3 Å². The number of benzene rings is 1. The summed E-state index contributed by atoms with van der Waals surface area (Å²) in [7, 11) is 0. The van der Waals surface area contributed by atoms with Crippen molar-refractivity contribution in [3.05, 3.63) is 60.0 Å². The topological polar surface area (TPSA) is 66.5 Å². The summed E-state index contributed by atoms with van der Waals surface area (Å²) in [6.45, 7) is 4.85. The van der Waals surface area contributed by atoms with E-state index in [9.17, 15) is 4.39 Å². The molecule has 1 aromatic carbocycles. The van der Waals surface area contributed by atoms with Crippen molar-refractivity contribution in [2.24, 2.45) is 0 Å². The Hall–Kier alpha value is -2.76. The fourth-order valence-corrected chi connectivity index (χ4v) is 2.28. The molecule has 0 amide bonds. The van der Waals surface area contributed by atoms with Crippen LogP contribution in [0.1, 0.15) is 19.4 Å². The van der Waals surface area contributed by atoms with Crippen LogP contribution < -0.4 is 5.32 Å². The molecule has 0 spiro atoms. The van der Waals surface area contributed by atoms with Gasteiger partial charge in [0.15, 0.2) is 0 Å². The Morgan fingerprint density at radius 3 is 2.39 bits per heavy atom. The molecule has 0 saturated carbocycles. The lowest BCUT2D eigenvalue weighted by Crippen LogP contribution is -2.28. The van der Waals surface area contributed by atoms with Crippen LogP contribution in [0.25, 0.3) is 11.4 Å². The minimum absolute atomic E-state index is 0.157. The Morgan fingerprint density at radius 1 is 1.00 bits per heavy atom. The maximum atomic E-state index is 13.0. The second-order valence-electron chi connectivity index (χ2n) is 6.01. The van der Waals surface area contributed by atoms with E-state index in [-0.39, 0.29) is 11.2 Å². The maximum Gasteiger partial charge on any atom is 0.148 e. The number of halogens is 1. The Balaban J connectivity index is 1.66. The van der Waals surface area contributed by atoms with Gasteiger partial charge in [0.2, 0.25) is 0 Å². The molecular formula is C17H18FN5. The minimum atomic E-state index is -0.225. The van der Waals surface area contributed by atoms with Crippen LogP contribution in [-0.4, -0.2) is 26.9 Å². The van der Waals surface area contributed by atoms with E-state index in [0.29, 0.717) is 12.4 Å². The summed E-state index contributed by atoms with van der Waals surface area (Å²) in [4.78, 5) is 0. The van der Waals surface area contributed by atoms with Gasteiger partial charge in [0, 0.05) is 18.2 Å². The molecule has 0 bridgehead atoms. The summed E-state index contributed by atoms with van der Waals surface area (Å²) in [6.07, 6.45) is 1.74. The van der Waals surface area contributed by atoms with Crippen LogP contribution in [0.15, 0.2) is 48.7 Å². The van der Waals surface area contributed by atoms with Crippen molar-refractivity contribution in [3.63, 3.8) is 0 Å². The zero-order valence-corrected chi connectivity index (χ0v) is 13.0. The van der Waals surface area contributed by atoms with Crippen molar-refractivity contribution in [1.29, 1.82) is 0 Å². The second-order valence-corrected chi connectivity index (χ2v) is 6.01. The number of hydrogen-bond acceptors (Lipinski definition) is 4. The summed E-state index contributed by atoms with van der Waals surface area (Å²) < 4.78 is 13.0. The number of anilines is 1. The molecule has 2 heterocycles. The third-order valence-corrected chi connectivity index (χ3v) is 3.76. The van der Waals surface area contributed by atoms with Crippen molar-refractivity contribution in [2.75, 3.05) is 11.9 Å². The van der Waals surface area contributed by atoms with Gasteiger partial charge in [-0.3, -0.25) is 5.10 Å². The first-order chi connectivity index (χ1) is 11.0. The highest BCUT2D eigenvalue weighted by atomic mass is 19.1. The molecule has 0 radical (unpaired) electrons. The van der Waals surface area contributed by atoms with Crippen LogP contribution in [-0.2, 0) is 5.41 Å². The van der Waals surface area contributed by atoms with Crippen LogP contribution in [0.2, 0.25) is 0 Å². The molecule has 0 unspecified atom stereocenters. The number of nitrogens with one attached hydrogen (secondary N) is 2. The van der Waals surface area contributed by atoms with E-state index in [1.54, 1.807) is 6.20 Å². The molecule has 0 aliphatic heterocycles. The number of rotatable bonds is 5. The summed E-state index contributed by atoms with van der Waals surface area (Å²) in [6, 6.07) is 12.2. The van der Waals surface area contributed by atoms with Gasteiger partial charge in [0.05, 0.1) is 0 Å². The molecule has 0 aliphatic carbocycles. The fourth-order valence-electron chi connectivity index (χ4n) is 2.28. The second kappa shape index (κ2) is 6.16. The predicted octanol–water partition coefficient (Wildman–Crippen LogP) is 3.40. The third-order valence-electron chi connectivity index (χ3n) is 3.76. The Labute approximate surface area is 134 Å². The first-order valence-corrected chi connectivity index (χ1v) is 7.38. The lowest BCUT2D eigenvalue weighted by atomic mass is 9.84. The zero-order valence-electron chi connectivity index (χ0n) is 13.0. The number of nitrogens with zero attached hydrogens (tertiary/aromatic N) is 3. The lowest BCUT2D eigenvalue weighted by Gasteiger charge is -2.25. The van der Waals surface area contributed by atoms with Gasteiger partial charge in [-0.05, 0) is 35.9 Å². The normalized spacial score (nSPS) is 11.4. The van der Waals surface area contributed by atoms with Crippen LogP contribution in [0, 0.1) is 5.82 Å². The van der Waals surface area contributed by atoms with Crippen LogP contribution >= 0.6 is 0 Å². The van der Waals surface area contributed by atoms with E-state index in [4.69, 9.17) is 0 Å². The Kier molecular flexibility index (Phi) is 4.06. The molecule has 3 aromatic rings. The number of hydrogen-bond donors (Lipinski definition) is 2. The minimum Gasteiger partial charge on any atom is -0.368 e. The van der Waals surface area contributed by atoms with Gasteiger partial charge in [-0.25, -0.2) is 4.39 Å². The monoisotopic (exact) mass is 311 g/mol. The summed E-state index contributed by atoms with van der Waals surface area (Å²) in [5.74, 6) is 0.469. The van der Waals surface area contributed by atoms with E-state index in [1.165, 1.54) is 12.1 Å². The highest BCUT2D eigenvalue weighted by Gasteiger charge is 2.20. The van der Waals surface area contributed by atoms with Gasteiger partial charge in [0.25, 0.3) is 0 Å². The first-order valence-electron chi connectivity index (χ1n) is 7.38. The highest BCUT2D eigenvalue weighted by molar-refractivity contribution is 5.54. The van der Waals surface area contributed by atoms with E-state index in [1.807, 2.05) is 30.3 Å². The average Bonchev–Trinajstić information content (AvgIpc) is 3.08. The molecule has 0 aliphatic rings. The van der Waals surface area contributed by atoms with Crippen molar-refractivity contribution < 1.29 is 4.39 Å². The molecule has 3 rings (SSSR count). The summed E-state index contributed by atoms with van der Waals surface area (Å²) in [5.41, 5.74) is 2.38. The summed E-state index contributed by atoms with van der Waals surface area (Å²) in [5, 5.41) is 18.4. The molecule has 2 aromatic heterocycles. The number of aromatic amines is 1. The quantitative estimate of drug-likeness (QED) is 0.758. The van der Waals surface area contributed by atoms with E-state index >= 15 is 0 Å². The standard InChI is InChI=1S/C17H18FN5/c1-17(2,12-3-5-13(18)6-4-12)11-19-16-8-7-14(22-23-16)15-9-10-20-21-15/h3-10H,11H2,1-2H3,(H,19,23)(H,20,21). The summed E-state index contributed by atoms with van der Waals surface area (Å²) >= 11 is 0. The average molecular weight is 311 g/mol. The zero-order chi connectivity index (χ0) is 16.3. The fraction of sp³-hybridized carbons (Fsp3) is 0.235. The molecule has 0 atom stereocenters. The third kappa shape index (κ3) is 3.53. The molecule has 5 nitrogen and oxygen atoms in total. The van der Waals surface area contributed by atoms with Crippen molar-refractivity contribution in [3.8, 4) is 11.4 Å².